The molecule has 2 N–H and O–H groups in total. The Bertz CT molecular complexity index is 621. The van der Waals surface area contributed by atoms with Crippen LogP contribution < -0.4 is 11.1 Å². The van der Waals surface area contributed by atoms with Gasteiger partial charge in [-0.1, -0.05) is 0 Å². The second kappa shape index (κ2) is 4.13. The van der Waals surface area contributed by atoms with Crippen molar-refractivity contribution in [2.45, 2.75) is 19.3 Å². The molecule has 3 rings (SSSR count). The first-order valence-corrected chi connectivity index (χ1v) is 5.60. The van der Waals surface area contributed by atoms with Crippen LogP contribution in [0.5, 0.6) is 0 Å². The standard InChI is InChI=1S/C10H11N5O3/c16-9(14-15-5-11-13-10(15)17)7-4-18-8(12-7)3-6-1-2-6/h4-6H,1-3H2,(H,13,17)(H,14,16). The average molecular weight is 249 g/mol. The van der Waals surface area contributed by atoms with Crippen molar-refractivity contribution < 1.29 is 9.21 Å². The summed E-state index contributed by atoms with van der Waals surface area (Å²) in [6, 6.07) is 0. The van der Waals surface area contributed by atoms with Crippen LogP contribution in [0.1, 0.15) is 29.2 Å². The summed E-state index contributed by atoms with van der Waals surface area (Å²) in [4.78, 5) is 27.0. The lowest BCUT2D eigenvalue weighted by molar-refractivity contribution is 0.100. The van der Waals surface area contributed by atoms with Gasteiger partial charge in [-0.3, -0.25) is 10.2 Å². The van der Waals surface area contributed by atoms with Crippen LogP contribution in [0.3, 0.4) is 0 Å². The van der Waals surface area contributed by atoms with Gasteiger partial charge in [0, 0.05) is 6.42 Å². The molecule has 8 nitrogen and oxygen atoms in total. The van der Waals surface area contributed by atoms with E-state index in [-0.39, 0.29) is 5.69 Å². The Labute approximate surface area is 101 Å². The summed E-state index contributed by atoms with van der Waals surface area (Å²) in [5, 5.41) is 5.65. The molecule has 94 valence electrons. The lowest BCUT2D eigenvalue weighted by Gasteiger charge is -1.99. The van der Waals surface area contributed by atoms with Crippen LogP contribution in [0.15, 0.2) is 21.8 Å². The zero-order valence-corrected chi connectivity index (χ0v) is 9.42. The van der Waals surface area contributed by atoms with Crippen LogP contribution in [0.4, 0.5) is 0 Å². The molecule has 0 aromatic carbocycles. The highest BCUT2D eigenvalue weighted by Crippen LogP contribution is 2.32. The second-order valence-electron chi connectivity index (χ2n) is 4.25. The Hall–Kier alpha value is -2.38. The number of carbonyl (C=O) groups excluding carboxylic acids is 1. The highest BCUT2D eigenvalue weighted by molar-refractivity contribution is 5.97. The van der Waals surface area contributed by atoms with Crippen LogP contribution in [-0.2, 0) is 6.42 Å². The van der Waals surface area contributed by atoms with Crippen molar-refractivity contribution in [2.75, 3.05) is 5.43 Å². The van der Waals surface area contributed by atoms with Gasteiger partial charge in [-0.2, -0.15) is 9.77 Å². The number of aromatic nitrogens is 4. The van der Waals surface area contributed by atoms with E-state index in [2.05, 4.69) is 20.6 Å². The minimum Gasteiger partial charge on any atom is -0.448 e. The summed E-state index contributed by atoms with van der Waals surface area (Å²) < 4.78 is 6.15. The van der Waals surface area contributed by atoms with Crippen molar-refractivity contribution >= 4 is 5.91 Å². The van der Waals surface area contributed by atoms with Crippen LogP contribution in [0.25, 0.3) is 0 Å². The highest BCUT2D eigenvalue weighted by Gasteiger charge is 2.24. The van der Waals surface area contributed by atoms with E-state index in [1.165, 1.54) is 25.4 Å². The molecule has 8 heteroatoms. The molecule has 0 aliphatic heterocycles. The predicted molar refractivity (Wildman–Crippen MR) is 59.5 cm³/mol. The SMILES string of the molecule is O=C(Nn1cn[nH]c1=O)c1coc(CC2CC2)n1. The quantitative estimate of drug-likeness (QED) is 0.786. The monoisotopic (exact) mass is 249 g/mol. The molecular weight excluding hydrogens is 238 g/mol. The Morgan fingerprint density at radius 1 is 1.61 bits per heavy atom. The molecule has 1 saturated carbocycles. The Morgan fingerprint density at radius 3 is 3.11 bits per heavy atom. The zero-order valence-electron chi connectivity index (χ0n) is 9.42. The fourth-order valence-corrected chi connectivity index (χ4v) is 1.57. The Kier molecular flexibility index (Phi) is 2.47. The molecule has 0 bridgehead atoms. The van der Waals surface area contributed by atoms with Crippen LogP contribution in [0.2, 0.25) is 0 Å². The van der Waals surface area contributed by atoms with Crippen molar-refractivity contribution in [3.05, 3.63) is 34.7 Å². The molecule has 2 aromatic heterocycles. The first-order chi connectivity index (χ1) is 8.72. The van der Waals surface area contributed by atoms with Gasteiger partial charge in [-0.05, 0) is 18.8 Å². The third-order valence-corrected chi connectivity index (χ3v) is 2.72. The normalized spacial score (nSPS) is 14.7. The van der Waals surface area contributed by atoms with Gasteiger partial charge >= 0.3 is 5.69 Å². The van der Waals surface area contributed by atoms with Gasteiger partial charge in [0.2, 0.25) is 0 Å². The largest absolute Gasteiger partial charge is 0.448 e. The van der Waals surface area contributed by atoms with Gasteiger partial charge in [0.05, 0.1) is 0 Å². The van der Waals surface area contributed by atoms with Gasteiger partial charge in [-0.15, -0.1) is 0 Å². The number of carbonyl (C=O) groups is 1. The minimum absolute atomic E-state index is 0.152. The average Bonchev–Trinajstić information content (AvgIpc) is 2.86. The molecule has 18 heavy (non-hydrogen) atoms. The summed E-state index contributed by atoms with van der Waals surface area (Å²) in [5.41, 5.74) is 1.97. The number of aromatic amines is 1. The van der Waals surface area contributed by atoms with E-state index in [1.807, 2.05) is 0 Å². The summed E-state index contributed by atoms with van der Waals surface area (Å²) in [7, 11) is 0. The van der Waals surface area contributed by atoms with E-state index in [0.717, 1.165) is 11.1 Å². The Morgan fingerprint density at radius 2 is 2.44 bits per heavy atom. The Balaban J connectivity index is 1.69. The number of amides is 1. The van der Waals surface area contributed by atoms with Crippen LogP contribution in [-0.4, -0.2) is 25.8 Å². The number of nitrogens with one attached hydrogen (secondary N) is 2. The number of nitrogens with zero attached hydrogens (tertiary/aromatic N) is 3. The molecule has 0 unspecified atom stereocenters. The van der Waals surface area contributed by atoms with Crippen LogP contribution >= 0.6 is 0 Å². The van der Waals surface area contributed by atoms with E-state index in [4.69, 9.17) is 4.42 Å². The van der Waals surface area contributed by atoms with Gasteiger partial charge in [0.1, 0.15) is 12.6 Å². The van der Waals surface area contributed by atoms with E-state index < -0.39 is 11.6 Å². The molecule has 1 fully saturated rings. The van der Waals surface area contributed by atoms with Gasteiger partial charge in [-0.25, -0.2) is 14.9 Å². The fraction of sp³-hybridized carbons (Fsp3) is 0.400. The summed E-state index contributed by atoms with van der Waals surface area (Å²) in [5.74, 6) is 0.683. The van der Waals surface area contributed by atoms with Gasteiger partial charge < -0.3 is 4.42 Å². The topological polar surface area (TPSA) is 106 Å². The third kappa shape index (κ3) is 2.17. The molecule has 0 radical (unpaired) electrons. The summed E-state index contributed by atoms with van der Waals surface area (Å²) >= 11 is 0. The molecular formula is C10H11N5O3. The smallest absolute Gasteiger partial charge is 0.362 e. The number of rotatable bonds is 4. The molecule has 0 atom stereocenters. The maximum absolute atomic E-state index is 11.7. The van der Waals surface area contributed by atoms with Crippen molar-refractivity contribution in [3.63, 3.8) is 0 Å². The van der Waals surface area contributed by atoms with E-state index >= 15 is 0 Å². The number of hydrogen-bond donors (Lipinski definition) is 2. The maximum atomic E-state index is 11.7. The fourth-order valence-electron chi connectivity index (χ4n) is 1.57. The van der Waals surface area contributed by atoms with E-state index in [9.17, 15) is 9.59 Å². The van der Waals surface area contributed by atoms with Crippen molar-refractivity contribution in [1.82, 2.24) is 19.9 Å². The summed E-state index contributed by atoms with van der Waals surface area (Å²) in [6.07, 6.45) is 5.60. The van der Waals surface area contributed by atoms with E-state index in [0.29, 0.717) is 11.8 Å². The van der Waals surface area contributed by atoms with Crippen LogP contribution in [0, 0.1) is 5.92 Å². The summed E-state index contributed by atoms with van der Waals surface area (Å²) in [6.45, 7) is 0. The molecule has 2 heterocycles. The lowest BCUT2D eigenvalue weighted by atomic mass is 10.3. The number of H-pyrrole nitrogens is 1. The van der Waals surface area contributed by atoms with Crippen molar-refractivity contribution in [2.24, 2.45) is 5.92 Å². The first kappa shape index (κ1) is 10.8. The molecule has 1 amide bonds. The second-order valence-corrected chi connectivity index (χ2v) is 4.25. The highest BCUT2D eigenvalue weighted by atomic mass is 16.3. The van der Waals surface area contributed by atoms with Gasteiger partial charge in [0.25, 0.3) is 5.91 Å². The molecule has 0 spiro atoms. The van der Waals surface area contributed by atoms with Crippen molar-refractivity contribution in [3.8, 4) is 0 Å². The third-order valence-electron chi connectivity index (χ3n) is 2.72. The maximum Gasteiger partial charge on any atom is 0.362 e. The molecule has 2 aromatic rings. The van der Waals surface area contributed by atoms with Crippen molar-refractivity contribution in [1.29, 1.82) is 0 Å². The van der Waals surface area contributed by atoms with Gasteiger partial charge in [0.15, 0.2) is 11.6 Å². The predicted octanol–water partition coefficient (Wildman–Crippen LogP) is -0.104. The number of hydrogen-bond acceptors (Lipinski definition) is 5. The zero-order chi connectivity index (χ0) is 12.5. The number of oxazole rings is 1. The molecule has 1 aliphatic rings. The first-order valence-electron chi connectivity index (χ1n) is 5.60. The molecule has 0 saturated heterocycles. The minimum atomic E-state index is -0.523. The molecule has 1 aliphatic carbocycles. The van der Waals surface area contributed by atoms with E-state index in [1.54, 1.807) is 0 Å². The lowest BCUT2D eigenvalue weighted by Crippen LogP contribution is -2.31.